The summed E-state index contributed by atoms with van der Waals surface area (Å²) in [5.41, 5.74) is 1.65. The Labute approximate surface area is 217 Å². The average molecular weight is 523 g/mol. The van der Waals surface area contributed by atoms with Crippen molar-refractivity contribution in [3.63, 3.8) is 0 Å². The van der Waals surface area contributed by atoms with Crippen molar-refractivity contribution in [1.29, 1.82) is 0 Å². The molecule has 1 aliphatic rings. The molecule has 2 heterocycles. The highest BCUT2D eigenvalue weighted by atomic mass is 19.4. The van der Waals surface area contributed by atoms with E-state index in [9.17, 15) is 22.4 Å². The molecule has 1 saturated heterocycles. The summed E-state index contributed by atoms with van der Waals surface area (Å²) in [4.78, 5) is 22.5. The lowest BCUT2D eigenvalue weighted by atomic mass is 10.1. The van der Waals surface area contributed by atoms with Crippen molar-refractivity contribution < 1.29 is 17.6 Å². The molecule has 196 valence electrons. The molecular weight excluding hydrogens is 496 g/mol. The number of alkyl halides is 3. The van der Waals surface area contributed by atoms with Crippen LogP contribution in [-0.2, 0) is 12.7 Å². The van der Waals surface area contributed by atoms with Gasteiger partial charge in [0.1, 0.15) is 17.5 Å². The SMILES string of the molecule is Cc1ccccc1-c1nc(N2CCN(Cc3cccc(F)c3)CC2)cc(=O)n1-c1ccc(C(F)(F)F)cc1. The molecule has 0 aliphatic carbocycles. The lowest BCUT2D eigenvalue weighted by Gasteiger charge is -2.35. The molecule has 0 bridgehead atoms. The van der Waals surface area contributed by atoms with Gasteiger partial charge in [-0.2, -0.15) is 13.2 Å². The third kappa shape index (κ3) is 5.47. The maximum absolute atomic E-state index is 13.6. The molecule has 0 N–H and O–H groups in total. The number of halogens is 4. The molecule has 4 aromatic rings. The van der Waals surface area contributed by atoms with Crippen molar-refractivity contribution in [3.8, 4) is 17.1 Å². The zero-order valence-electron chi connectivity index (χ0n) is 20.8. The van der Waals surface area contributed by atoms with Gasteiger partial charge in [0.15, 0.2) is 0 Å². The molecule has 0 radical (unpaired) electrons. The lowest BCUT2D eigenvalue weighted by Crippen LogP contribution is -2.46. The second-order valence-corrected chi connectivity index (χ2v) is 9.36. The summed E-state index contributed by atoms with van der Waals surface area (Å²) < 4.78 is 54.3. The largest absolute Gasteiger partial charge is 0.416 e. The van der Waals surface area contributed by atoms with E-state index in [1.165, 1.54) is 34.9 Å². The summed E-state index contributed by atoms with van der Waals surface area (Å²) in [6, 6.07) is 20.0. The van der Waals surface area contributed by atoms with Crippen LogP contribution in [0.25, 0.3) is 17.1 Å². The molecule has 1 aliphatic heterocycles. The van der Waals surface area contributed by atoms with Crippen LogP contribution in [0.2, 0.25) is 0 Å². The Balaban J connectivity index is 1.46. The van der Waals surface area contributed by atoms with Crippen LogP contribution >= 0.6 is 0 Å². The van der Waals surface area contributed by atoms with Crippen LogP contribution in [0.3, 0.4) is 0 Å². The summed E-state index contributed by atoms with van der Waals surface area (Å²) >= 11 is 0. The number of anilines is 1. The van der Waals surface area contributed by atoms with Gasteiger partial charge in [-0.3, -0.25) is 14.3 Å². The monoisotopic (exact) mass is 522 g/mol. The van der Waals surface area contributed by atoms with E-state index in [1.54, 1.807) is 6.07 Å². The summed E-state index contributed by atoms with van der Waals surface area (Å²) in [6.45, 7) is 5.19. The predicted octanol–water partition coefficient (Wildman–Crippen LogP) is 5.69. The first-order chi connectivity index (χ1) is 18.2. The summed E-state index contributed by atoms with van der Waals surface area (Å²) in [7, 11) is 0. The maximum Gasteiger partial charge on any atom is 0.416 e. The lowest BCUT2D eigenvalue weighted by molar-refractivity contribution is -0.137. The number of nitrogens with zero attached hydrogens (tertiary/aromatic N) is 4. The van der Waals surface area contributed by atoms with E-state index in [0.29, 0.717) is 50.1 Å². The fraction of sp³-hybridized carbons (Fsp3) is 0.241. The highest BCUT2D eigenvalue weighted by Gasteiger charge is 2.30. The second kappa shape index (κ2) is 10.4. The van der Waals surface area contributed by atoms with E-state index in [0.717, 1.165) is 28.8 Å². The van der Waals surface area contributed by atoms with Crippen LogP contribution in [0, 0.1) is 12.7 Å². The topological polar surface area (TPSA) is 41.4 Å². The number of aromatic nitrogens is 2. The zero-order valence-corrected chi connectivity index (χ0v) is 20.8. The maximum atomic E-state index is 13.6. The molecule has 0 spiro atoms. The van der Waals surface area contributed by atoms with Gasteiger partial charge in [0, 0.05) is 44.4 Å². The number of benzene rings is 3. The normalized spacial score (nSPS) is 14.6. The van der Waals surface area contributed by atoms with Gasteiger partial charge in [0.05, 0.1) is 11.3 Å². The molecule has 0 atom stereocenters. The Morgan fingerprint density at radius 3 is 2.24 bits per heavy atom. The van der Waals surface area contributed by atoms with Crippen molar-refractivity contribution in [2.24, 2.45) is 0 Å². The first-order valence-corrected chi connectivity index (χ1v) is 12.3. The molecule has 1 aromatic heterocycles. The van der Waals surface area contributed by atoms with Gasteiger partial charge >= 0.3 is 6.18 Å². The third-order valence-electron chi connectivity index (χ3n) is 6.74. The van der Waals surface area contributed by atoms with E-state index >= 15 is 0 Å². The van der Waals surface area contributed by atoms with Gasteiger partial charge in [-0.05, 0) is 54.4 Å². The number of hydrogen-bond donors (Lipinski definition) is 0. The standard InChI is InChI=1S/C29H26F4N4O/c1-20-5-2-3-8-25(20)28-34-26(18-27(38)37(28)24-11-9-22(10-12-24)29(31,32)33)36-15-13-35(14-16-36)19-21-6-4-7-23(30)17-21/h2-12,17-18H,13-16,19H2,1H3. The average Bonchev–Trinajstić information content (AvgIpc) is 2.89. The molecule has 0 amide bonds. The van der Waals surface area contributed by atoms with Gasteiger partial charge < -0.3 is 4.90 Å². The van der Waals surface area contributed by atoms with E-state index < -0.39 is 11.7 Å². The molecule has 5 rings (SSSR count). The zero-order chi connectivity index (χ0) is 26.9. The van der Waals surface area contributed by atoms with Crippen molar-refractivity contribution >= 4 is 5.82 Å². The molecule has 0 saturated carbocycles. The van der Waals surface area contributed by atoms with Crippen LogP contribution in [0.15, 0.2) is 83.7 Å². The van der Waals surface area contributed by atoms with E-state index in [4.69, 9.17) is 4.98 Å². The quantitative estimate of drug-likeness (QED) is 0.316. The van der Waals surface area contributed by atoms with Crippen LogP contribution in [-0.4, -0.2) is 40.6 Å². The molecule has 1 fully saturated rings. The van der Waals surface area contributed by atoms with Gasteiger partial charge in [0.2, 0.25) is 0 Å². The molecule has 5 nitrogen and oxygen atoms in total. The van der Waals surface area contributed by atoms with Crippen molar-refractivity contribution in [1.82, 2.24) is 14.5 Å². The van der Waals surface area contributed by atoms with E-state index in [2.05, 4.69) is 4.90 Å². The minimum atomic E-state index is -4.47. The number of piperazine rings is 1. The van der Waals surface area contributed by atoms with Gasteiger partial charge in [-0.1, -0.05) is 36.4 Å². The highest BCUT2D eigenvalue weighted by Crippen LogP contribution is 2.31. The van der Waals surface area contributed by atoms with Gasteiger partial charge in [-0.25, -0.2) is 9.37 Å². The number of hydrogen-bond acceptors (Lipinski definition) is 4. The molecule has 0 unspecified atom stereocenters. The summed E-state index contributed by atoms with van der Waals surface area (Å²) in [5.74, 6) is 0.622. The second-order valence-electron chi connectivity index (χ2n) is 9.36. The highest BCUT2D eigenvalue weighted by molar-refractivity contribution is 5.64. The van der Waals surface area contributed by atoms with Crippen molar-refractivity contribution in [3.05, 3.63) is 112 Å². The molecule has 3 aromatic carbocycles. The Morgan fingerprint density at radius 2 is 1.58 bits per heavy atom. The van der Waals surface area contributed by atoms with Gasteiger partial charge in [-0.15, -0.1) is 0 Å². The summed E-state index contributed by atoms with van der Waals surface area (Å²) in [5, 5.41) is 0. The smallest absolute Gasteiger partial charge is 0.354 e. The first-order valence-electron chi connectivity index (χ1n) is 12.3. The third-order valence-corrected chi connectivity index (χ3v) is 6.74. The van der Waals surface area contributed by atoms with E-state index in [1.807, 2.05) is 42.2 Å². The fourth-order valence-electron chi connectivity index (χ4n) is 4.71. The Kier molecular flexibility index (Phi) is 7.03. The fourth-order valence-corrected chi connectivity index (χ4v) is 4.71. The minimum Gasteiger partial charge on any atom is -0.354 e. The Hall–Kier alpha value is -3.98. The van der Waals surface area contributed by atoms with E-state index in [-0.39, 0.29) is 11.4 Å². The molecule has 38 heavy (non-hydrogen) atoms. The predicted molar refractivity (Wildman–Crippen MR) is 139 cm³/mol. The van der Waals surface area contributed by atoms with Gasteiger partial charge in [0.25, 0.3) is 5.56 Å². The van der Waals surface area contributed by atoms with Crippen molar-refractivity contribution in [2.75, 3.05) is 31.1 Å². The van der Waals surface area contributed by atoms with Crippen LogP contribution < -0.4 is 10.5 Å². The minimum absolute atomic E-state index is 0.261. The number of rotatable bonds is 5. The van der Waals surface area contributed by atoms with Crippen molar-refractivity contribution in [2.45, 2.75) is 19.6 Å². The Bertz CT molecular complexity index is 1490. The van der Waals surface area contributed by atoms with Crippen LogP contribution in [0.1, 0.15) is 16.7 Å². The van der Waals surface area contributed by atoms with Crippen LogP contribution in [0.4, 0.5) is 23.4 Å². The van der Waals surface area contributed by atoms with Crippen LogP contribution in [0.5, 0.6) is 0 Å². The number of aryl methyl sites for hydroxylation is 1. The first kappa shape index (κ1) is 25.7. The summed E-state index contributed by atoms with van der Waals surface area (Å²) in [6.07, 6.45) is -4.47. The Morgan fingerprint density at radius 1 is 0.868 bits per heavy atom. The molecular formula is C29H26F4N4O. The molecule has 9 heteroatoms.